The number of nitrogens with one attached hydrogen (secondary N) is 1. The lowest BCUT2D eigenvalue weighted by atomic mass is 9.87. The molecule has 0 bridgehead atoms. The molecule has 7 heteroatoms. The van der Waals surface area contributed by atoms with Crippen LogP contribution in [0.25, 0.3) is 0 Å². The Morgan fingerprint density at radius 3 is 2.47 bits per heavy atom. The van der Waals surface area contributed by atoms with Gasteiger partial charge in [-0.15, -0.1) is 11.3 Å². The van der Waals surface area contributed by atoms with Gasteiger partial charge >= 0.3 is 0 Å². The molecule has 30 heavy (non-hydrogen) atoms. The number of amides is 3. The number of hydrogen-bond donors (Lipinski definition) is 1. The average Bonchev–Trinajstić information content (AvgIpc) is 3.26. The Balaban J connectivity index is 1.70. The van der Waals surface area contributed by atoms with E-state index in [2.05, 4.69) is 26.1 Å². The molecule has 2 aliphatic rings. The van der Waals surface area contributed by atoms with Gasteiger partial charge in [-0.25, -0.2) is 0 Å². The van der Waals surface area contributed by atoms with Crippen molar-refractivity contribution in [3.8, 4) is 0 Å². The van der Waals surface area contributed by atoms with Crippen LogP contribution in [0.2, 0.25) is 0 Å². The molecule has 0 unspecified atom stereocenters. The highest BCUT2D eigenvalue weighted by molar-refractivity contribution is 7.12. The molecule has 166 valence electrons. The van der Waals surface area contributed by atoms with Gasteiger partial charge in [-0.3, -0.25) is 14.4 Å². The molecule has 0 radical (unpaired) electrons. The number of carbonyl (C=O) groups is 3. The minimum atomic E-state index is -0.525. The van der Waals surface area contributed by atoms with Crippen molar-refractivity contribution in [1.82, 2.24) is 15.1 Å². The van der Waals surface area contributed by atoms with Gasteiger partial charge in [0.1, 0.15) is 6.04 Å². The average molecular weight is 434 g/mol. The second kappa shape index (κ2) is 10.4. The molecule has 0 saturated carbocycles. The summed E-state index contributed by atoms with van der Waals surface area (Å²) in [5.41, 5.74) is 0. The van der Waals surface area contributed by atoms with E-state index < -0.39 is 6.04 Å². The molecular formula is C23H35N3O3S. The quantitative estimate of drug-likeness (QED) is 0.746. The van der Waals surface area contributed by atoms with Gasteiger partial charge in [0.05, 0.1) is 4.88 Å². The van der Waals surface area contributed by atoms with Crippen molar-refractivity contribution >= 4 is 29.1 Å². The minimum Gasteiger partial charge on any atom is -0.343 e. The van der Waals surface area contributed by atoms with Crippen LogP contribution in [0.5, 0.6) is 0 Å². The zero-order valence-electron chi connectivity index (χ0n) is 18.4. The molecule has 3 heterocycles. The standard InChI is InChI=1S/C23H35N3O3S/c1-16(2)15-20(27)25-12-9-18(10-13-25)21(24-22(28)19-8-6-14-30-19)23(29)26-11-5-4-7-17(26)3/h6,8,14,16-18,21H,4-5,7,9-13,15H2,1-3H3,(H,24,28)/t17-,21-/m1/s1. The molecule has 1 aromatic rings. The Labute approximate surface area is 184 Å². The van der Waals surface area contributed by atoms with E-state index in [9.17, 15) is 14.4 Å². The van der Waals surface area contributed by atoms with Crippen LogP contribution in [0.4, 0.5) is 0 Å². The number of carbonyl (C=O) groups excluding carboxylic acids is 3. The van der Waals surface area contributed by atoms with Gasteiger partial charge in [0.15, 0.2) is 0 Å². The smallest absolute Gasteiger partial charge is 0.262 e. The summed E-state index contributed by atoms with van der Waals surface area (Å²) in [6.45, 7) is 8.28. The molecule has 0 aromatic carbocycles. The van der Waals surface area contributed by atoms with Crippen LogP contribution in [-0.4, -0.2) is 59.2 Å². The lowest BCUT2D eigenvalue weighted by molar-refractivity contribution is -0.139. The van der Waals surface area contributed by atoms with Crippen molar-refractivity contribution < 1.29 is 14.4 Å². The molecule has 6 nitrogen and oxygen atoms in total. The zero-order valence-corrected chi connectivity index (χ0v) is 19.2. The lowest BCUT2D eigenvalue weighted by Gasteiger charge is -2.40. The van der Waals surface area contributed by atoms with Crippen LogP contribution in [-0.2, 0) is 9.59 Å². The van der Waals surface area contributed by atoms with Crippen LogP contribution in [0, 0.1) is 11.8 Å². The molecule has 3 rings (SSSR count). The normalized spacial score (nSPS) is 21.5. The second-order valence-corrected chi connectivity index (χ2v) is 10.1. The number of piperidine rings is 2. The first-order valence-electron chi connectivity index (χ1n) is 11.3. The number of thiophene rings is 1. The predicted octanol–water partition coefficient (Wildman–Crippen LogP) is 3.53. The number of nitrogens with zero attached hydrogens (tertiary/aromatic N) is 2. The third-order valence-electron chi connectivity index (χ3n) is 6.33. The van der Waals surface area contributed by atoms with Gasteiger partial charge < -0.3 is 15.1 Å². The summed E-state index contributed by atoms with van der Waals surface area (Å²) in [7, 11) is 0. The summed E-state index contributed by atoms with van der Waals surface area (Å²) >= 11 is 1.39. The monoisotopic (exact) mass is 433 g/mol. The molecule has 3 amide bonds. The van der Waals surface area contributed by atoms with E-state index in [1.807, 2.05) is 21.2 Å². The van der Waals surface area contributed by atoms with E-state index in [1.54, 1.807) is 6.07 Å². The van der Waals surface area contributed by atoms with E-state index in [1.165, 1.54) is 11.3 Å². The molecule has 0 aliphatic carbocycles. The molecule has 2 atom stereocenters. The fourth-order valence-corrected chi connectivity index (χ4v) is 5.19. The predicted molar refractivity (Wildman–Crippen MR) is 119 cm³/mol. The maximum absolute atomic E-state index is 13.5. The molecular weight excluding hydrogens is 398 g/mol. The van der Waals surface area contributed by atoms with Crippen molar-refractivity contribution in [2.45, 2.75) is 71.4 Å². The Morgan fingerprint density at radius 2 is 1.87 bits per heavy atom. The molecule has 2 fully saturated rings. The highest BCUT2D eigenvalue weighted by atomic mass is 32.1. The Hall–Kier alpha value is -1.89. The van der Waals surface area contributed by atoms with E-state index in [4.69, 9.17) is 0 Å². The van der Waals surface area contributed by atoms with Gasteiger partial charge in [0.2, 0.25) is 11.8 Å². The molecule has 2 aliphatic heterocycles. The maximum atomic E-state index is 13.5. The van der Waals surface area contributed by atoms with Crippen LogP contribution >= 0.6 is 11.3 Å². The SMILES string of the molecule is CC(C)CC(=O)N1CCC([C@@H](NC(=O)c2cccs2)C(=O)N2CCCC[C@H]2C)CC1. The Bertz CT molecular complexity index is 726. The summed E-state index contributed by atoms with van der Waals surface area (Å²) in [6, 6.07) is 3.32. The van der Waals surface area contributed by atoms with Gasteiger partial charge in [-0.2, -0.15) is 0 Å². The van der Waals surface area contributed by atoms with Crippen molar-refractivity contribution in [2.75, 3.05) is 19.6 Å². The fourth-order valence-electron chi connectivity index (χ4n) is 4.57. The Morgan fingerprint density at radius 1 is 1.13 bits per heavy atom. The van der Waals surface area contributed by atoms with Gasteiger partial charge in [-0.1, -0.05) is 19.9 Å². The van der Waals surface area contributed by atoms with Crippen molar-refractivity contribution in [3.05, 3.63) is 22.4 Å². The lowest BCUT2D eigenvalue weighted by Crippen LogP contribution is -2.57. The van der Waals surface area contributed by atoms with Crippen LogP contribution in [0.15, 0.2) is 17.5 Å². The van der Waals surface area contributed by atoms with Crippen molar-refractivity contribution in [1.29, 1.82) is 0 Å². The summed E-state index contributed by atoms with van der Waals surface area (Å²) in [5, 5.41) is 4.93. The molecule has 1 aromatic heterocycles. The largest absolute Gasteiger partial charge is 0.343 e. The highest BCUT2D eigenvalue weighted by Gasteiger charge is 2.38. The minimum absolute atomic E-state index is 0.0408. The highest BCUT2D eigenvalue weighted by Crippen LogP contribution is 2.26. The number of rotatable bonds is 6. The van der Waals surface area contributed by atoms with E-state index >= 15 is 0 Å². The fraction of sp³-hybridized carbons (Fsp3) is 0.696. The summed E-state index contributed by atoms with van der Waals surface area (Å²) in [5.74, 6) is 0.456. The first-order chi connectivity index (χ1) is 14.4. The number of likely N-dealkylation sites (tertiary alicyclic amines) is 2. The molecule has 1 N–H and O–H groups in total. The van der Waals surface area contributed by atoms with Gasteiger partial charge in [0, 0.05) is 32.1 Å². The first kappa shape index (κ1) is 22.8. The van der Waals surface area contributed by atoms with E-state index in [0.29, 0.717) is 30.3 Å². The maximum Gasteiger partial charge on any atom is 0.262 e. The topological polar surface area (TPSA) is 69.7 Å². The third kappa shape index (κ3) is 5.62. The van der Waals surface area contributed by atoms with E-state index in [0.717, 1.165) is 38.6 Å². The van der Waals surface area contributed by atoms with Gasteiger partial charge in [-0.05, 0) is 62.3 Å². The number of hydrogen-bond acceptors (Lipinski definition) is 4. The van der Waals surface area contributed by atoms with Crippen LogP contribution in [0.1, 0.15) is 69.0 Å². The summed E-state index contributed by atoms with van der Waals surface area (Å²) in [4.78, 5) is 43.2. The third-order valence-corrected chi connectivity index (χ3v) is 7.20. The zero-order chi connectivity index (χ0) is 21.7. The van der Waals surface area contributed by atoms with Gasteiger partial charge in [0.25, 0.3) is 5.91 Å². The van der Waals surface area contributed by atoms with Crippen molar-refractivity contribution in [3.63, 3.8) is 0 Å². The first-order valence-corrected chi connectivity index (χ1v) is 12.2. The van der Waals surface area contributed by atoms with Crippen molar-refractivity contribution in [2.24, 2.45) is 11.8 Å². The molecule has 2 saturated heterocycles. The Kier molecular flexibility index (Phi) is 7.92. The van der Waals surface area contributed by atoms with Crippen LogP contribution < -0.4 is 5.32 Å². The second-order valence-electron chi connectivity index (χ2n) is 9.12. The summed E-state index contributed by atoms with van der Waals surface area (Å²) < 4.78 is 0. The van der Waals surface area contributed by atoms with Crippen LogP contribution in [0.3, 0.4) is 0 Å². The summed E-state index contributed by atoms with van der Waals surface area (Å²) in [6.07, 6.45) is 5.23. The van der Waals surface area contributed by atoms with E-state index in [-0.39, 0.29) is 29.7 Å². The molecule has 0 spiro atoms.